The van der Waals surface area contributed by atoms with Crippen molar-refractivity contribution in [2.45, 2.75) is 25.5 Å². The van der Waals surface area contributed by atoms with E-state index in [-0.39, 0.29) is 24.4 Å². The average molecular weight is 557 g/mol. The number of nitrogens with one attached hydrogen (secondary N) is 1. The molecule has 1 unspecified atom stereocenters. The van der Waals surface area contributed by atoms with Gasteiger partial charge in [0.25, 0.3) is 0 Å². The molecule has 0 bridgehead atoms. The molecule has 1 N–H and O–H groups in total. The zero-order chi connectivity index (χ0) is 28.5. The van der Waals surface area contributed by atoms with Crippen LogP contribution in [0.2, 0.25) is 0 Å². The second-order valence-corrected chi connectivity index (χ2v) is 10.1. The maximum absolute atomic E-state index is 15.2. The summed E-state index contributed by atoms with van der Waals surface area (Å²) < 4.78 is 54.7. The van der Waals surface area contributed by atoms with Crippen LogP contribution in [0.15, 0.2) is 84.9 Å². The van der Waals surface area contributed by atoms with Crippen molar-refractivity contribution in [3.63, 3.8) is 0 Å². The van der Waals surface area contributed by atoms with Crippen LogP contribution in [-0.2, 0) is 24.2 Å². The van der Waals surface area contributed by atoms with Gasteiger partial charge < -0.3 is 19.4 Å². The highest BCUT2D eigenvalue weighted by molar-refractivity contribution is 5.88. The first-order valence-corrected chi connectivity index (χ1v) is 13.3. The number of hydrogen-bond acceptors (Lipinski definition) is 3. The summed E-state index contributed by atoms with van der Waals surface area (Å²) in [6, 6.07) is 23.0. The molecule has 6 rings (SSSR count). The number of amides is 1. The van der Waals surface area contributed by atoms with Gasteiger partial charge in [-0.2, -0.15) is 0 Å². The molecule has 2 heterocycles. The third-order valence-electron chi connectivity index (χ3n) is 7.52. The Bertz CT molecular complexity index is 1720. The summed E-state index contributed by atoms with van der Waals surface area (Å²) in [7, 11) is 1.57. The molecular weight excluding hydrogens is 529 g/mol. The van der Waals surface area contributed by atoms with Gasteiger partial charge in [0.2, 0.25) is 5.91 Å². The van der Waals surface area contributed by atoms with Crippen molar-refractivity contribution in [1.29, 1.82) is 0 Å². The van der Waals surface area contributed by atoms with Gasteiger partial charge in [0, 0.05) is 34.8 Å². The van der Waals surface area contributed by atoms with Crippen molar-refractivity contribution in [3.05, 3.63) is 130 Å². The highest BCUT2D eigenvalue weighted by Crippen LogP contribution is 2.41. The Labute approximate surface area is 235 Å². The Morgan fingerprint density at radius 2 is 1.61 bits per heavy atom. The summed E-state index contributed by atoms with van der Waals surface area (Å²) in [5, 5.41) is 0.880. The topological polar surface area (TPSA) is 54.6 Å². The average Bonchev–Trinajstić information content (AvgIpc) is 3.36. The molecule has 5 aromatic rings. The Kier molecular flexibility index (Phi) is 7.14. The number of methoxy groups -OCH3 is 1. The standard InChI is InChI=1S/C33H27F3N2O3/c1-40-23-11-12-30-25(16-23)24-13-14-38(33(32(24)37-30)26-17-28(35)29(36)18-27(26)34)31(39)15-20-7-9-22(10-8-20)41-19-21-5-3-2-4-6-21/h2-12,16-18,33,37H,13-15,19H2,1H3. The number of halogens is 3. The van der Waals surface area contributed by atoms with Crippen LogP contribution < -0.4 is 9.47 Å². The lowest BCUT2D eigenvalue weighted by atomic mass is 9.91. The van der Waals surface area contributed by atoms with Crippen LogP contribution in [0.4, 0.5) is 13.2 Å². The molecule has 1 aromatic heterocycles. The van der Waals surface area contributed by atoms with Crippen LogP contribution in [0.25, 0.3) is 10.9 Å². The molecule has 8 heteroatoms. The quantitative estimate of drug-likeness (QED) is 0.222. The van der Waals surface area contributed by atoms with Crippen molar-refractivity contribution < 1.29 is 27.4 Å². The summed E-state index contributed by atoms with van der Waals surface area (Å²) in [4.78, 5) is 18.6. The number of aromatic amines is 1. The second-order valence-electron chi connectivity index (χ2n) is 10.1. The van der Waals surface area contributed by atoms with Crippen molar-refractivity contribution in [2.24, 2.45) is 0 Å². The molecule has 41 heavy (non-hydrogen) atoms. The van der Waals surface area contributed by atoms with Crippen molar-refractivity contribution >= 4 is 16.8 Å². The van der Waals surface area contributed by atoms with E-state index in [9.17, 15) is 13.6 Å². The molecule has 1 aliphatic heterocycles. The molecule has 0 aliphatic carbocycles. The lowest BCUT2D eigenvalue weighted by Crippen LogP contribution is -2.41. The molecule has 4 aromatic carbocycles. The summed E-state index contributed by atoms with van der Waals surface area (Å²) in [5.74, 6) is -2.32. The number of carbonyl (C=O) groups is 1. The molecule has 0 saturated carbocycles. The molecule has 208 valence electrons. The minimum absolute atomic E-state index is 0.0458. The number of hydrogen-bond donors (Lipinski definition) is 1. The minimum atomic E-state index is -1.28. The summed E-state index contributed by atoms with van der Waals surface area (Å²) in [6.07, 6.45) is 0.548. The third-order valence-corrected chi connectivity index (χ3v) is 7.52. The van der Waals surface area contributed by atoms with E-state index in [1.54, 1.807) is 25.3 Å². The van der Waals surface area contributed by atoms with E-state index in [4.69, 9.17) is 9.47 Å². The summed E-state index contributed by atoms with van der Waals surface area (Å²) in [6.45, 7) is 0.699. The number of fused-ring (bicyclic) bond motifs is 3. The van der Waals surface area contributed by atoms with E-state index in [1.165, 1.54) is 4.90 Å². The van der Waals surface area contributed by atoms with Gasteiger partial charge >= 0.3 is 0 Å². The number of rotatable bonds is 7. The summed E-state index contributed by atoms with van der Waals surface area (Å²) in [5.41, 5.74) is 3.92. The van der Waals surface area contributed by atoms with Gasteiger partial charge in [0.15, 0.2) is 11.6 Å². The normalized spacial score (nSPS) is 14.6. The number of benzene rings is 4. The maximum atomic E-state index is 15.2. The SMILES string of the molecule is COc1ccc2[nH]c3c(c2c1)CCN(C(=O)Cc1ccc(OCc2ccccc2)cc1)C3c1cc(F)c(F)cc1F. The maximum Gasteiger partial charge on any atom is 0.227 e. The molecule has 0 radical (unpaired) electrons. The van der Waals surface area contributed by atoms with Gasteiger partial charge in [-0.3, -0.25) is 4.79 Å². The van der Waals surface area contributed by atoms with Crippen LogP contribution in [0, 0.1) is 17.5 Å². The predicted octanol–water partition coefficient (Wildman–Crippen LogP) is 6.89. The van der Waals surface area contributed by atoms with Crippen molar-refractivity contribution in [3.8, 4) is 11.5 Å². The number of H-pyrrole nitrogens is 1. The number of carbonyl (C=O) groups excluding carboxylic acids is 1. The fourth-order valence-electron chi connectivity index (χ4n) is 5.45. The predicted molar refractivity (Wildman–Crippen MR) is 149 cm³/mol. The van der Waals surface area contributed by atoms with Gasteiger partial charge in [0.1, 0.15) is 30.0 Å². The van der Waals surface area contributed by atoms with E-state index >= 15 is 4.39 Å². The zero-order valence-corrected chi connectivity index (χ0v) is 22.3. The molecular formula is C33H27F3N2O3. The van der Waals surface area contributed by atoms with Crippen LogP contribution in [0.5, 0.6) is 11.5 Å². The van der Waals surface area contributed by atoms with Crippen LogP contribution in [0.1, 0.15) is 34.0 Å². The second kappa shape index (κ2) is 11.0. The Hall–Kier alpha value is -4.72. The lowest BCUT2D eigenvalue weighted by molar-refractivity contribution is -0.132. The Balaban J connectivity index is 1.29. The fraction of sp³-hybridized carbons (Fsp3) is 0.182. The zero-order valence-electron chi connectivity index (χ0n) is 22.3. The molecule has 1 aliphatic rings. The van der Waals surface area contributed by atoms with Crippen molar-refractivity contribution in [2.75, 3.05) is 13.7 Å². The van der Waals surface area contributed by atoms with Crippen LogP contribution >= 0.6 is 0 Å². The molecule has 0 fully saturated rings. The van der Waals surface area contributed by atoms with Gasteiger partial charge in [-0.1, -0.05) is 42.5 Å². The first-order chi connectivity index (χ1) is 19.9. The van der Waals surface area contributed by atoms with E-state index in [2.05, 4.69) is 4.98 Å². The monoisotopic (exact) mass is 556 g/mol. The number of aromatic nitrogens is 1. The summed E-state index contributed by atoms with van der Waals surface area (Å²) >= 11 is 0. The van der Waals surface area contributed by atoms with Gasteiger partial charge in [-0.15, -0.1) is 0 Å². The van der Waals surface area contributed by atoms with E-state index < -0.39 is 23.5 Å². The first kappa shape index (κ1) is 26.5. The third kappa shape index (κ3) is 5.25. The molecule has 0 spiro atoms. The van der Waals surface area contributed by atoms with E-state index in [1.807, 2.05) is 54.6 Å². The largest absolute Gasteiger partial charge is 0.497 e. The van der Waals surface area contributed by atoms with Gasteiger partial charge in [-0.05, 0) is 59.5 Å². The Morgan fingerprint density at radius 1 is 0.878 bits per heavy atom. The molecule has 0 saturated heterocycles. The van der Waals surface area contributed by atoms with E-state index in [0.717, 1.165) is 33.7 Å². The molecule has 5 nitrogen and oxygen atoms in total. The van der Waals surface area contributed by atoms with Gasteiger partial charge in [-0.25, -0.2) is 13.2 Å². The fourth-order valence-corrected chi connectivity index (χ4v) is 5.45. The van der Waals surface area contributed by atoms with Gasteiger partial charge in [0.05, 0.1) is 13.5 Å². The van der Waals surface area contributed by atoms with Crippen molar-refractivity contribution in [1.82, 2.24) is 9.88 Å². The van der Waals surface area contributed by atoms with Crippen LogP contribution in [0.3, 0.4) is 0 Å². The lowest BCUT2D eigenvalue weighted by Gasteiger charge is -2.36. The molecule has 1 amide bonds. The number of ether oxygens (including phenoxy) is 2. The van der Waals surface area contributed by atoms with Crippen LogP contribution in [-0.4, -0.2) is 29.4 Å². The highest BCUT2D eigenvalue weighted by Gasteiger charge is 2.36. The Morgan fingerprint density at radius 3 is 2.37 bits per heavy atom. The highest BCUT2D eigenvalue weighted by atomic mass is 19.2. The smallest absolute Gasteiger partial charge is 0.227 e. The molecule has 1 atom stereocenters. The number of nitrogens with zero attached hydrogens (tertiary/aromatic N) is 1. The minimum Gasteiger partial charge on any atom is -0.497 e. The van der Waals surface area contributed by atoms with E-state index in [0.29, 0.717) is 36.3 Å². The first-order valence-electron chi connectivity index (χ1n) is 13.3.